The number of ether oxygens (including phenoxy) is 1. The lowest BCUT2D eigenvalue weighted by atomic mass is 10.1. The van der Waals surface area contributed by atoms with Crippen LogP contribution in [-0.4, -0.2) is 53.7 Å². The van der Waals surface area contributed by atoms with Crippen molar-refractivity contribution in [1.29, 1.82) is 0 Å². The maximum absolute atomic E-state index is 13.8. The molecule has 0 radical (unpaired) electrons. The van der Waals surface area contributed by atoms with Crippen LogP contribution >= 0.6 is 0 Å². The number of halogens is 1. The van der Waals surface area contributed by atoms with Crippen molar-refractivity contribution in [3.63, 3.8) is 0 Å². The number of piperazine rings is 1. The summed E-state index contributed by atoms with van der Waals surface area (Å²) in [5.74, 6) is -1.43. The average Bonchev–Trinajstić information content (AvgIpc) is 2.76. The van der Waals surface area contributed by atoms with Crippen LogP contribution < -0.4 is 25.8 Å². The molecule has 1 aliphatic heterocycles. The molecule has 0 spiro atoms. The molecule has 3 heterocycles. The third-order valence-electron chi connectivity index (χ3n) is 4.99. The molecule has 2 N–H and O–H groups in total. The Balaban J connectivity index is 1.76. The van der Waals surface area contributed by atoms with E-state index < -0.39 is 17.3 Å². The number of fused-ring (bicyclic) bond motifs is 1. The number of pyridine rings is 1. The first-order chi connectivity index (χ1) is 14.5. The van der Waals surface area contributed by atoms with Crippen LogP contribution in [0.15, 0.2) is 35.4 Å². The van der Waals surface area contributed by atoms with Crippen molar-refractivity contribution < 1.29 is 13.9 Å². The third-order valence-corrected chi connectivity index (χ3v) is 4.99. The van der Waals surface area contributed by atoms with Gasteiger partial charge in [-0.2, -0.15) is 4.98 Å². The maximum Gasteiger partial charge on any atom is 0.316 e. The van der Waals surface area contributed by atoms with E-state index in [0.29, 0.717) is 11.1 Å². The van der Waals surface area contributed by atoms with E-state index in [1.807, 2.05) is 6.07 Å². The minimum atomic E-state index is -0.946. The van der Waals surface area contributed by atoms with Crippen molar-refractivity contribution in [2.24, 2.45) is 7.05 Å². The molecule has 1 fully saturated rings. The summed E-state index contributed by atoms with van der Waals surface area (Å²) in [6.45, 7) is 3.37. The second-order valence-corrected chi connectivity index (χ2v) is 6.94. The van der Waals surface area contributed by atoms with Gasteiger partial charge in [-0.1, -0.05) is 0 Å². The lowest BCUT2D eigenvalue weighted by Crippen LogP contribution is -2.43. The number of aryl methyl sites for hydroxylation is 1. The van der Waals surface area contributed by atoms with Crippen molar-refractivity contribution in [1.82, 2.24) is 19.9 Å². The van der Waals surface area contributed by atoms with E-state index in [2.05, 4.69) is 25.5 Å². The van der Waals surface area contributed by atoms with Crippen molar-refractivity contribution in [3.05, 3.63) is 52.3 Å². The number of benzene rings is 1. The zero-order valence-electron chi connectivity index (χ0n) is 16.6. The Hall–Kier alpha value is -3.53. The summed E-state index contributed by atoms with van der Waals surface area (Å²) < 4.78 is 20.0. The van der Waals surface area contributed by atoms with Gasteiger partial charge in [0.1, 0.15) is 0 Å². The minimum Gasteiger partial charge on any atom is -0.467 e. The van der Waals surface area contributed by atoms with Crippen LogP contribution in [0.3, 0.4) is 0 Å². The average molecular weight is 412 g/mol. The van der Waals surface area contributed by atoms with E-state index >= 15 is 0 Å². The number of rotatable bonds is 4. The number of methoxy groups -OCH3 is 1. The van der Waals surface area contributed by atoms with E-state index in [1.54, 1.807) is 12.3 Å². The second-order valence-electron chi connectivity index (χ2n) is 6.94. The highest BCUT2D eigenvalue weighted by atomic mass is 19.1. The van der Waals surface area contributed by atoms with Gasteiger partial charge in [0.2, 0.25) is 0 Å². The van der Waals surface area contributed by atoms with Crippen LogP contribution in [0.25, 0.3) is 10.9 Å². The molecule has 1 aromatic carbocycles. The Morgan fingerprint density at radius 3 is 2.77 bits per heavy atom. The van der Waals surface area contributed by atoms with Gasteiger partial charge in [-0.15, -0.1) is 0 Å². The van der Waals surface area contributed by atoms with Crippen LogP contribution in [0.4, 0.5) is 15.8 Å². The molecule has 3 aromatic rings. The molecule has 0 aliphatic carbocycles. The monoisotopic (exact) mass is 412 g/mol. The fourth-order valence-corrected chi connectivity index (χ4v) is 3.49. The van der Waals surface area contributed by atoms with E-state index in [1.165, 1.54) is 20.4 Å². The van der Waals surface area contributed by atoms with Gasteiger partial charge in [0.05, 0.1) is 23.9 Å². The van der Waals surface area contributed by atoms with E-state index in [-0.39, 0.29) is 11.7 Å². The van der Waals surface area contributed by atoms with Crippen molar-refractivity contribution >= 4 is 28.2 Å². The summed E-state index contributed by atoms with van der Waals surface area (Å²) >= 11 is 0. The van der Waals surface area contributed by atoms with Gasteiger partial charge in [-0.3, -0.25) is 9.59 Å². The van der Waals surface area contributed by atoms with Gasteiger partial charge in [0.15, 0.2) is 5.82 Å². The first-order valence-corrected chi connectivity index (χ1v) is 9.45. The van der Waals surface area contributed by atoms with Crippen molar-refractivity contribution in [2.45, 2.75) is 0 Å². The lowest BCUT2D eigenvalue weighted by molar-refractivity contribution is 0.102. The molecular weight excluding hydrogens is 391 g/mol. The summed E-state index contributed by atoms with van der Waals surface area (Å²) in [6, 6.07) is 4.68. The molecule has 1 aliphatic rings. The fourth-order valence-electron chi connectivity index (χ4n) is 3.49. The highest BCUT2D eigenvalue weighted by Gasteiger charge is 2.20. The van der Waals surface area contributed by atoms with Gasteiger partial charge >= 0.3 is 6.01 Å². The maximum atomic E-state index is 13.8. The van der Waals surface area contributed by atoms with Crippen LogP contribution in [0, 0.1) is 5.82 Å². The molecule has 156 valence electrons. The normalized spacial score (nSPS) is 14.0. The zero-order chi connectivity index (χ0) is 21.3. The molecule has 1 amide bonds. The van der Waals surface area contributed by atoms with Crippen LogP contribution in [0.5, 0.6) is 6.01 Å². The number of carbonyl (C=O) groups is 1. The molecule has 0 atom stereocenters. The fraction of sp³-hybridized carbons (Fsp3) is 0.300. The highest BCUT2D eigenvalue weighted by molar-refractivity contribution is 6.13. The molecule has 0 unspecified atom stereocenters. The summed E-state index contributed by atoms with van der Waals surface area (Å²) in [4.78, 5) is 35.3. The Morgan fingerprint density at radius 2 is 2.07 bits per heavy atom. The highest BCUT2D eigenvalue weighted by Crippen LogP contribution is 2.30. The number of aromatic nitrogens is 3. The van der Waals surface area contributed by atoms with Gasteiger partial charge < -0.3 is 24.8 Å². The molecule has 1 saturated heterocycles. The Kier molecular flexibility index (Phi) is 5.32. The predicted octanol–water partition coefficient (Wildman–Crippen LogP) is 1.14. The number of nitrogens with zero attached hydrogens (tertiary/aromatic N) is 4. The summed E-state index contributed by atoms with van der Waals surface area (Å²) in [5.41, 5.74) is 1.05. The first-order valence-electron chi connectivity index (χ1n) is 9.45. The SMILES string of the molecule is COc1ncc2c(N3CCNCC3)ccc(C(=O)Nc3cc(F)c(=O)n(C)c3)c2n1. The Labute approximate surface area is 171 Å². The van der Waals surface area contributed by atoms with Crippen molar-refractivity contribution in [2.75, 3.05) is 43.5 Å². The zero-order valence-corrected chi connectivity index (χ0v) is 16.6. The molecule has 9 nitrogen and oxygen atoms in total. The van der Waals surface area contributed by atoms with Gasteiger partial charge in [-0.05, 0) is 12.1 Å². The van der Waals surface area contributed by atoms with Crippen molar-refractivity contribution in [3.8, 4) is 6.01 Å². The van der Waals surface area contributed by atoms with E-state index in [0.717, 1.165) is 47.9 Å². The first kappa shape index (κ1) is 19.8. The third kappa shape index (κ3) is 3.69. The number of hydrogen-bond donors (Lipinski definition) is 2. The number of anilines is 2. The topological polar surface area (TPSA) is 101 Å². The summed E-state index contributed by atoms with van der Waals surface area (Å²) in [6.07, 6.45) is 3.00. The number of carbonyl (C=O) groups excluding carboxylic acids is 1. The molecule has 30 heavy (non-hydrogen) atoms. The molecular formula is C20H21FN6O3. The number of hydrogen-bond acceptors (Lipinski definition) is 7. The smallest absolute Gasteiger partial charge is 0.316 e. The molecule has 0 saturated carbocycles. The lowest BCUT2D eigenvalue weighted by Gasteiger charge is -2.30. The standard InChI is InChI=1S/C20H21FN6O3/c1-26-11-12(9-15(21)19(26)29)24-18(28)13-3-4-16(27-7-5-22-6-8-27)14-10-23-20(30-2)25-17(13)14/h3-4,9-11,22H,5-8H2,1-2H3,(H,24,28). The van der Waals surface area contributed by atoms with Crippen LogP contribution in [-0.2, 0) is 7.05 Å². The summed E-state index contributed by atoms with van der Waals surface area (Å²) in [7, 11) is 2.87. The number of nitrogens with one attached hydrogen (secondary N) is 2. The van der Waals surface area contributed by atoms with Crippen LogP contribution in [0.2, 0.25) is 0 Å². The summed E-state index contributed by atoms with van der Waals surface area (Å²) in [5, 5.41) is 6.66. The molecule has 0 bridgehead atoms. The van der Waals surface area contributed by atoms with Gasteiger partial charge in [-0.25, -0.2) is 9.37 Å². The molecule has 4 rings (SSSR count). The molecule has 10 heteroatoms. The van der Waals surface area contributed by atoms with Gasteiger partial charge in [0, 0.05) is 62.8 Å². The Bertz CT molecular complexity index is 1150. The van der Waals surface area contributed by atoms with E-state index in [9.17, 15) is 14.0 Å². The Morgan fingerprint density at radius 1 is 1.30 bits per heavy atom. The second kappa shape index (κ2) is 8.07. The van der Waals surface area contributed by atoms with E-state index in [4.69, 9.17) is 4.74 Å². The molecule has 2 aromatic heterocycles. The predicted molar refractivity (Wildman–Crippen MR) is 111 cm³/mol. The largest absolute Gasteiger partial charge is 0.467 e. The number of amides is 1. The minimum absolute atomic E-state index is 0.141. The van der Waals surface area contributed by atoms with Gasteiger partial charge in [0.25, 0.3) is 11.5 Å². The quantitative estimate of drug-likeness (QED) is 0.663. The van der Waals surface area contributed by atoms with Crippen LogP contribution in [0.1, 0.15) is 10.4 Å².